The predicted octanol–water partition coefficient (Wildman–Crippen LogP) is 7.50. The van der Waals surface area contributed by atoms with Gasteiger partial charge in [-0.25, -0.2) is 9.07 Å². The summed E-state index contributed by atoms with van der Waals surface area (Å²) in [5, 5.41) is 7.03. The maximum Gasteiger partial charge on any atom is 0.123 e. The smallest absolute Gasteiger partial charge is 0.123 e. The molecule has 5 aromatic rings. The second-order valence-corrected chi connectivity index (χ2v) is 10.2. The SMILES string of the molecule is CCc1cccc(CC)c1-n1nc2c(c1-c1ccc3[nH]ccc3c1)CN(Cc1cc(F)ccc1Cl)CC2. The molecule has 2 aromatic heterocycles. The zero-order chi connectivity index (χ0) is 25.5. The first kappa shape index (κ1) is 24.0. The third-order valence-electron chi connectivity index (χ3n) is 7.52. The Bertz CT molecular complexity index is 1580. The largest absolute Gasteiger partial charge is 0.361 e. The Morgan fingerprint density at radius 3 is 2.57 bits per heavy atom. The molecular formula is C31H30ClFN4. The Balaban J connectivity index is 1.50. The Morgan fingerprint density at radius 1 is 0.973 bits per heavy atom. The summed E-state index contributed by atoms with van der Waals surface area (Å²) in [4.78, 5) is 5.65. The summed E-state index contributed by atoms with van der Waals surface area (Å²) in [6, 6.07) is 19.9. The Hall–Kier alpha value is -3.41. The number of nitrogens with one attached hydrogen (secondary N) is 1. The number of fused-ring (bicyclic) bond motifs is 2. The van der Waals surface area contributed by atoms with Crippen molar-refractivity contribution in [2.24, 2.45) is 0 Å². The number of halogens is 2. The molecule has 1 aliphatic heterocycles. The van der Waals surface area contributed by atoms with Crippen LogP contribution in [0.1, 0.15) is 41.8 Å². The molecule has 0 amide bonds. The number of H-pyrrole nitrogens is 1. The number of rotatable bonds is 6. The number of aryl methyl sites for hydroxylation is 2. The summed E-state index contributed by atoms with van der Waals surface area (Å²) in [7, 11) is 0. The molecule has 6 rings (SSSR count). The van der Waals surface area contributed by atoms with Crippen molar-refractivity contribution in [3.63, 3.8) is 0 Å². The van der Waals surface area contributed by atoms with Crippen LogP contribution >= 0.6 is 11.6 Å². The average Bonchev–Trinajstić information content (AvgIpc) is 3.54. The van der Waals surface area contributed by atoms with Crippen LogP contribution in [0.25, 0.3) is 27.8 Å². The molecule has 0 saturated heterocycles. The Kier molecular flexibility index (Phi) is 6.35. The zero-order valence-electron chi connectivity index (χ0n) is 21.2. The number of aromatic amines is 1. The molecule has 0 aliphatic carbocycles. The fourth-order valence-corrected chi connectivity index (χ4v) is 5.79. The van der Waals surface area contributed by atoms with Gasteiger partial charge < -0.3 is 4.98 Å². The molecule has 188 valence electrons. The lowest BCUT2D eigenvalue weighted by Crippen LogP contribution is -2.30. The number of benzene rings is 3. The fraction of sp³-hybridized carbons (Fsp3) is 0.258. The molecule has 0 radical (unpaired) electrons. The van der Waals surface area contributed by atoms with Gasteiger partial charge in [0.1, 0.15) is 5.82 Å². The van der Waals surface area contributed by atoms with Gasteiger partial charge in [0, 0.05) is 59.3 Å². The van der Waals surface area contributed by atoms with E-state index in [0.717, 1.165) is 60.4 Å². The molecule has 4 nitrogen and oxygen atoms in total. The molecule has 37 heavy (non-hydrogen) atoms. The van der Waals surface area contributed by atoms with Crippen molar-refractivity contribution < 1.29 is 4.39 Å². The molecule has 3 heterocycles. The van der Waals surface area contributed by atoms with Crippen molar-refractivity contribution in [3.8, 4) is 16.9 Å². The van der Waals surface area contributed by atoms with E-state index in [0.29, 0.717) is 11.6 Å². The van der Waals surface area contributed by atoms with Crippen molar-refractivity contribution in [1.82, 2.24) is 19.7 Å². The summed E-state index contributed by atoms with van der Waals surface area (Å²) in [5.41, 5.74) is 10.4. The predicted molar refractivity (Wildman–Crippen MR) is 149 cm³/mol. The fourth-order valence-electron chi connectivity index (χ4n) is 5.62. The van der Waals surface area contributed by atoms with E-state index in [1.54, 1.807) is 12.1 Å². The van der Waals surface area contributed by atoms with Crippen molar-refractivity contribution in [2.45, 2.75) is 46.2 Å². The van der Waals surface area contributed by atoms with Crippen LogP contribution in [-0.4, -0.2) is 26.2 Å². The van der Waals surface area contributed by atoms with Gasteiger partial charge in [-0.05, 0) is 65.9 Å². The summed E-state index contributed by atoms with van der Waals surface area (Å²) >= 11 is 6.43. The summed E-state index contributed by atoms with van der Waals surface area (Å²) in [6.45, 7) is 6.60. The lowest BCUT2D eigenvalue weighted by molar-refractivity contribution is 0.245. The van der Waals surface area contributed by atoms with E-state index >= 15 is 0 Å². The van der Waals surface area contributed by atoms with Crippen LogP contribution in [0.3, 0.4) is 0 Å². The maximum absolute atomic E-state index is 14.0. The van der Waals surface area contributed by atoms with Crippen molar-refractivity contribution in [1.29, 1.82) is 0 Å². The first-order valence-corrected chi connectivity index (χ1v) is 13.4. The average molecular weight is 513 g/mol. The third-order valence-corrected chi connectivity index (χ3v) is 7.89. The van der Waals surface area contributed by atoms with E-state index in [4.69, 9.17) is 16.7 Å². The van der Waals surface area contributed by atoms with Crippen LogP contribution in [0.4, 0.5) is 4.39 Å². The van der Waals surface area contributed by atoms with Gasteiger partial charge >= 0.3 is 0 Å². The number of aromatic nitrogens is 3. The molecule has 0 fully saturated rings. The van der Waals surface area contributed by atoms with Gasteiger partial charge in [0.15, 0.2) is 0 Å². The van der Waals surface area contributed by atoms with Crippen molar-refractivity contribution in [2.75, 3.05) is 6.54 Å². The van der Waals surface area contributed by atoms with E-state index < -0.39 is 0 Å². The molecule has 6 heteroatoms. The van der Waals surface area contributed by atoms with Gasteiger partial charge in [0.05, 0.1) is 17.1 Å². The second kappa shape index (κ2) is 9.81. The third kappa shape index (κ3) is 4.36. The molecule has 0 bridgehead atoms. The highest BCUT2D eigenvalue weighted by Gasteiger charge is 2.28. The molecule has 0 saturated carbocycles. The van der Waals surface area contributed by atoms with Crippen LogP contribution in [0, 0.1) is 5.82 Å². The zero-order valence-corrected chi connectivity index (χ0v) is 21.9. The monoisotopic (exact) mass is 512 g/mol. The van der Waals surface area contributed by atoms with Gasteiger partial charge in [0.25, 0.3) is 0 Å². The molecule has 1 aliphatic rings. The first-order chi connectivity index (χ1) is 18.1. The van der Waals surface area contributed by atoms with E-state index in [1.165, 1.54) is 33.8 Å². The summed E-state index contributed by atoms with van der Waals surface area (Å²) in [6.07, 6.45) is 4.69. The molecular weight excluding hydrogens is 483 g/mol. The first-order valence-electron chi connectivity index (χ1n) is 13.0. The van der Waals surface area contributed by atoms with Crippen molar-refractivity contribution >= 4 is 22.5 Å². The highest BCUT2D eigenvalue weighted by atomic mass is 35.5. The highest BCUT2D eigenvalue weighted by Crippen LogP contribution is 2.36. The Labute approximate surface area is 221 Å². The van der Waals surface area contributed by atoms with Gasteiger partial charge in [-0.3, -0.25) is 4.90 Å². The van der Waals surface area contributed by atoms with Crippen LogP contribution in [0.2, 0.25) is 5.02 Å². The normalized spacial score (nSPS) is 13.8. The standard InChI is InChI=1S/C31H30ClFN4/c1-3-20-6-5-7-21(4-2)30(20)37-31(23-8-11-28-22(16-23)12-14-34-28)26-19-36(15-13-29(26)35-37)18-24-17-25(33)9-10-27(24)32/h5-12,14,16-17,34H,3-4,13,15,18-19H2,1-2H3. The van der Waals surface area contributed by atoms with E-state index in [-0.39, 0.29) is 5.82 Å². The molecule has 1 N–H and O–H groups in total. The Morgan fingerprint density at radius 2 is 1.78 bits per heavy atom. The van der Waals surface area contributed by atoms with E-state index in [9.17, 15) is 4.39 Å². The maximum atomic E-state index is 14.0. The minimum atomic E-state index is -0.256. The minimum absolute atomic E-state index is 0.256. The minimum Gasteiger partial charge on any atom is -0.361 e. The number of nitrogens with zero attached hydrogens (tertiary/aromatic N) is 3. The lowest BCUT2D eigenvalue weighted by atomic mass is 9.98. The van der Waals surface area contributed by atoms with Gasteiger partial charge in [-0.15, -0.1) is 0 Å². The van der Waals surface area contributed by atoms with Crippen LogP contribution in [0.5, 0.6) is 0 Å². The molecule has 0 atom stereocenters. The number of para-hydroxylation sites is 1. The van der Waals surface area contributed by atoms with E-state index in [2.05, 4.69) is 70.9 Å². The van der Waals surface area contributed by atoms with Crippen LogP contribution < -0.4 is 0 Å². The molecule has 0 spiro atoms. The highest BCUT2D eigenvalue weighted by molar-refractivity contribution is 6.31. The van der Waals surface area contributed by atoms with E-state index in [1.807, 2.05) is 6.20 Å². The van der Waals surface area contributed by atoms with Crippen LogP contribution in [0.15, 0.2) is 66.9 Å². The van der Waals surface area contributed by atoms with Gasteiger partial charge in [-0.1, -0.05) is 49.7 Å². The van der Waals surface area contributed by atoms with Crippen molar-refractivity contribution in [3.05, 3.63) is 106 Å². The van der Waals surface area contributed by atoms with Gasteiger partial charge in [0.2, 0.25) is 0 Å². The van der Waals surface area contributed by atoms with Crippen LogP contribution in [-0.2, 0) is 32.4 Å². The van der Waals surface area contributed by atoms with Gasteiger partial charge in [-0.2, -0.15) is 5.10 Å². The molecule has 3 aromatic carbocycles. The quantitative estimate of drug-likeness (QED) is 0.256. The second-order valence-electron chi connectivity index (χ2n) is 9.79. The number of hydrogen-bond acceptors (Lipinski definition) is 2. The number of hydrogen-bond donors (Lipinski definition) is 1. The molecule has 0 unspecified atom stereocenters. The lowest BCUT2D eigenvalue weighted by Gasteiger charge is -2.27. The summed E-state index contributed by atoms with van der Waals surface area (Å²) in [5.74, 6) is -0.256. The topological polar surface area (TPSA) is 36.9 Å². The summed E-state index contributed by atoms with van der Waals surface area (Å²) < 4.78 is 16.2.